The van der Waals surface area contributed by atoms with Crippen molar-refractivity contribution in [3.8, 4) is 0 Å². The van der Waals surface area contributed by atoms with E-state index < -0.39 is 5.97 Å². The van der Waals surface area contributed by atoms with Crippen molar-refractivity contribution in [2.75, 3.05) is 24.6 Å². The first kappa shape index (κ1) is 17.1. The van der Waals surface area contributed by atoms with E-state index in [1.165, 1.54) is 11.6 Å². The lowest BCUT2D eigenvalue weighted by Crippen LogP contribution is -2.32. The summed E-state index contributed by atoms with van der Waals surface area (Å²) in [5.74, 6) is -0.426. The number of esters is 1. The van der Waals surface area contributed by atoms with Crippen LogP contribution >= 0.6 is 0 Å². The van der Waals surface area contributed by atoms with Crippen LogP contribution < -0.4 is 4.90 Å². The van der Waals surface area contributed by atoms with Gasteiger partial charge in [0.1, 0.15) is 0 Å². The van der Waals surface area contributed by atoms with Gasteiger partial charge in [-0.25, -0.2) is 14.2 Å². The van der Waals surface area contributed by atoms with Crippen molar-refractivity contribution in [3.63, 3.8) is 0 Å². The van der Waals surface area contributed by atoms with Gasteiger partial charge in [0.2, 0.25) is 0 Å². The van der Waals surface area contributed by atoms with E-state index in [2.05, 4.69) is 17.0 Å². The molecule has 0 atom stereocenters. The molecule has 2 aromatic rings. The first-order chi connectivity index (χ1) is 12.0. The van der Waals surface area contributed by atoms with E-state index in [1.54, 1.807) is 37.0 Å². The molecule has 0 saturated heterocycles. The molecule has 1 aliphatic heterocycles. The van der Waals surface area contributed by atoms with Gasteiger partial charge in [0, 0.05) is 26.3 Å². The number of hydrogen-bond acceptors (Lipinski definition) is 5. The van der Waals surface area contributed by atoms with Gasteiger partial charge in [-0.1, -0.05) is 5.57 Å². The minimum absolute atomic E-state index is 0.279. The first-order valence-corrected chi connectivity index (χ1v) is 8.27. The van der Waals surface area contributed by atoms with Crippen molar-refractivity contribution in [2.45, 2.75) is 20.3 Å². The number of halogens is 1. The highest BCUT2D eigenvalue weighted by Crippen LogP contribution is 2.30. The number of aryl methyl sites for hydroxylation is 1. The average Bonchev–Trinajstić information content (AvgIpc) is 2.98. The highest BCUT2D eigenvalue weighted by molar-refractivity contribution is 5.88. The van der Waals surface area contributed by atoms with Crippen LogP contribution in [0, 0.1) is 5.82 Å². The fourth-order valence-corrected chi connectivity index (χ4v) is 3.00. The summed E-state index contributed by atoms with van der Waals surface area (Å²) in [6.45, 7) is 5.33. The zero-order valence-electron chi connectivity index (χ0n) is 14.6. The summed E-state index contributed by atoms with van der Waals surface area (Å²) in [6.07, 6.45) is 2.39. The fourth-order valence-electron chi connectivity index (χ4n) is 3.00. The Bertz CT molecular complexity index is 828. The standard InChI is InChI=1S/C18H21FN4O2/c1-4-25-18(24)15-10-16(22(3)21-15)13-11-23(9-7-12(13)2)17-14(19)6-5-8-20-17/h5-6,8,10H,4,7,9,11H2,1-3H3. The molecular weight excluding hydrogens is 323 g/mol. The predicted molar refractivity (Wildman–Crippen MR) is 92.8 cm³/mol. The molecular formula is C18H21FN4O2. The maximum atomic E-state index is 14.1. The average molecular weight is 344 g/mol. The molecule has 7 heteroatoms. The smallest absolute Gasteiger partial charge is 0.358 e. The van der Waals surface area contributed by atoms with Crippen LogP contribution in [-0.2, 0) is 11.8 Å². The molecule has 1 aliphatic rings. The molecule has 25 heavy (non-hydrogen) atoms. The molecule has 0 fully saturated rings. The summed E-state index contributed by atoms with van der Waals surface area (Å²) in [4.78, 5) is 18.0. The molecule has 0 aliphatic carbocycles. The van der Waals surface area contributed by atoms with Crippen molar-refractivity contribution < 1.29 is 13.9 Å². The Hall–Kier alpha value is -2.70. The topological polar surface area (TPSA) is 60.2 Å². The maximum Gasteiger partial charge on any atom is 0.358 e. The van der Waals surface area contributed by atoms with E-state index in [-0.39, 0.29) is 11.5 Å². The number of hydrogen-bond donors (Lipinski definition) is 0. The fraction of sp³-hybridized carbons (Fsp3) is 0.389. The lowest BCUT2D eigenvalue weighted by Gasteiger charge is -2.31. The van der Waals surface area contributed by atoms with Gasteiger partial charge in [-0.3, -0.25) is 4.68 Å². The largest absolute Gasteiger partial charge is 0.461 e. The Morgan fingerprint density at radius 1 is 1.44 bits per heavy atom. The number of rotatable bonds is 4. The molecule has 0 spiro atoms. The minimum Gasteiger partial charge on any atom is -0.461 e. The number of aromatic nitrogens is 3. The summed E-state index contributed by atoms with van der Waals surface area (Å²) >= 11 is 0. The molecule has 0 unspecified atom stereocenters. The van der Waals surface area contributed by atoms with Crippen LogP contribution in [0.15, 0.2) is 30.0 Å². The van der Waals surface area contributed by atoms with E-state index in [9.17, 15) is 9.18 Å². The second-order valence-corrected chi connectivity index (χ2v) is 6.00. The molecule has 3 heterocycles. The Balaban J connectivity index is 1.91. The molecule has 0 amide bonds. The van der Waals surface area contributed by atoms with Gasteiger partial charge in [0.05, 0.1) is 12.3 Å². The number of carbonyl (C=O) groups is 1. The number of anilines is 1. The van der Waals surface area contributed by atoms with Gasteiger partial charge in [0.25, 0.3) is 0 Å². The van der Waals surface area contributed by atoms with Crippen LogP contribution in [0.3, 0.4) is 0 Å². The second-order valence-electron chi connectivity index (χ2n) is 6.00. The Morgan fingerprint density at radius 3 is 2.96 bits per heavy atom. The lowest BCUT2D eigenvalue weighted by atomic mass is 9.98. The quantitative estimate of drug-likeness (QED) is 0.798. The third-order valence-corrected chi connectivity index (χ3v) is 4.33. The summed E-state index contributed by atoms with van der Waals surface area (Å²) in [6, 6.07) is 4.72. The Morgan fingerprint density at radius 2 is 2.24 bits per heavy atom. The van der Waals surface area contributed by atoms with Gasteiger partial charge in [0.15, 0.2) is 17.3 Å². The van der Waals surface area contributed by atoms with Gasteiger partial charge < -0.3 is 9.64 Å². The third-order valence-electron chi connectivity index (χ3n) is 4.33. The first-order valence-electron chi connectivity index (χ1n) is 8.27. The Kier molecular flexibility index (Phi) is 4.83. The van der Waals surface area contributed by atoms with Crippen LogP contribution in [0.25, 0.3) is 5.57 Å². The van der Waals surface area contributed by atoms with E-state index in [0.29, 0.717) is 25.5 Å². The van der Waals surface area contributed by atoms with Crippen LogP contribution in [0.2, 0.25) is 0 Å². The summed E-state index contributed by atoms with van der Waals surface area (Å²) in [7, 11) is 1.79. The molecule has 0 aromatic carbocycles. The maximum absolute atomic E-state index is 14.1. The van der Waals surface area contributed by atoms with E-state index in [4.69, 9.17) is 4.74 Å². The molecule has 0 saturated carbocycles. The number of carbonyl (C=O) groups excluding carboxylic acids is 1. The SMILES string of the molecule is CCOC(=O)c1cc(C2=C(C)CCN(c3ncccc3F)C2)n(C)n1. The molecule has 0 N–H and O–H groups in total. The highest BCUT2D eigenvalue weighted by atomic mass is 19.1. The summed E-state index contributed by atoms with van der Waals surface area (Å²) in [5, 5.41) is 4.25. The zero-order valence-corrected chi connectivity index (χ0v) is 14.6. The molecule has 0 bridgehead atoms. The zero-order chi connectivity index (χ0) is 18.0. The van der Waals surface area contributed by atoms with Crippen molar-refractivity contribution in [1.82, 2.24) is 14.8 Å². The van der Waals surface area contributed by atoms with Gasteiger partial charge in [-0.2, -0.15) is 5.10 Å². The van der Waals surface area contributed by atoms with E-state index in [1.807, 2.05) is 4.90 Å². The van der Waals surface area contributed by atoms with Crippen molar-refractivity contribution >= 4 is 17.4 Å². The predicted octanol–water partition coefficient (Wildman–Crippen LogP) is 2.81. The van der Waals surface area contributed by atoms with Crippen LogP contribution in [0.5, 0.6) is 0 Å². The third kappa shape index (κ3) is 3.40. The van der Waals surface area contributed by atoms with Crippen molar-refractivity contribution in [1.29, 1.82) is 0 Å². The summed E-state index contributed by atoms with van der Waals surface area (Å²) < 4.78 is 20.8. The lowest BCUT2D eigenvalue weighted by molar-refractivity contribution is 0.0518. The molecule has 6 nitrogen and oxygen atoms in total. The Labute approximate surface area is 145 Å². The van der Waals surface area contributed by atoms with Crippen LogP contribution in [0.4, 0.5) is 10.2 Å². The molecule has 3 rings (SSSR count). The number of nitrogens with zero attached hydrogens (tertiary/aromatic N) is 4. The monoisotopic (exact) mass is 344 g/mol. The van der Waals surface area contributed by atoms with Gasteiger partial charge in [-0.15, -0.1) is 0 Å². The molecule has 2 aromatic heterocycles. The highest BCUT2D eigenvalue weighted by Gasteiger charge is 2.24. The van der Waals surface area contributed by atoms with Gasteiger partial charge in [-0.05, 0) is 44.0 Å². The number of ether oxygens (including phenoxy) is 1. The van der Waals surface area contributed by atoms with Crippen LogP contribution in [0.1, 0.15) is 36.5 Å². The normalized spacial score (nSPS) is 14.8. The van der Waals surface area contributed by atoms with Crippen molar-refractivity contribution in [3.05, 3.63) is 47.2 Å². The van der Waals surface area contributed by atoms with Crippen LogP contribution in [-0.4, -0.2) is 40.4 Å². The summed E-state index contributed by atoms with van der Waals surface area (Å²) in [5.41, 5.74) is 3.34. The second kappa shape index (κ2) is 7.04. The van der Waals surface area contributed by atoms with Crippen molar-refractivity contribution in [2.24, 2.45) is 7.05 Å². The van der Waals surface area contributed by atoms with E-state index in [0.717, 1.165) is 17.7 Å². The van der Waals surface area contributed by atoms with Gasteiger partial charge >= 0.3 is 5.97 Å². The minimum atomic E-state index is -0.439. The van der Waals surface area contributed by atoms with E-state index >= 15 is 0 Å². The number of pyridine rings is 1. The molecule has 0 radical (unpaired) electrons. The molecule has 132 valence electrons.